The topological polar surface area (TPSA) is 166 Å². The Bertz CT molecular complexity index is 455. The van der Waals surface area contributed by atoms with E-state index in [4.69, 9.17) is 14.9 Å². The lowest BCUT2D eigenvalue weighted by atomic mass is 9.97. The van der Waals surface area contributed by atoms with Crippen LogP contribution in [0, 0.1) is 0 Å². The highest BCUT2D eigenvalue weighted by Crippen LogP contribution is 2.40. The van der Waals surface area contributed by atoms with Crippen molar-refractivity contribution in [1.82, 2.24) is 5.32 Å². The molecule has 1 fully saturated rings. The van der Waals surface area contributed by atoms with Crippen LogP contribution < -0.4 is 5.32 Å². The second-order valence-corrected chi connectivity index (χ2v) is 5.49. The Kier molecular flexibility index (Phi) is 5.92. The molecular weight excluding hydrogens is 342 g/mol. The van der Waals surface area contributed by atoms with Crippen LogP contribution in [0.25, 0.3) is 0 Å². The van der Waals surface area contributed by atoms with E-state index in [9.17, 15) is 32.7 Å². The SMILES string of the molecule is O=C(NC1C(OP(=O)(O)O)OC(CO)C(O)C1O)C(F)(F)F. The molecular formula is C8H13F3NO9P. The zero-order chi connectivity index (χ0) is 17.3. The number of ether oxygens (including phenoxy) is 1. The maximum atomic E-state index is 12.2. The average molecular weight is 355 g/mol. The molecule has 5 unspecified atom stereocenters. The largest absolute Gasteiger partial charge is 0.472 e. The van der Waals surface area contributed by atoms with Crippen LogP contribution in [-0.2, 0) is 18.6 Å². The van der Waals surface area contributed by atoms with Crippen molar-refractivity contribution < 1.29 is 56.9 Å². The molecule has 1 saturated heterocycles. The second-order valence-electron chi connectivity index (χ2n) is 4.30. The summed E-state index contributed by atoms with van der Waals surface area (Å²) < 4.78 is 56.1. The molecule has 0 aromatic rings. The summed E-state index contributed by atoms with van der Waals surface area (Å²) in [5, 5.41) is 29.3. The molecule has 10 nitrogen and oxygen atoms in total. The summed E-state index contributed by atoms with van der Waals surface area (Å²) >= 11 is 0. The van der Waals surface area contributed by atoms with Crippen LogP contribution in [0.4, 0.5) is 13.2 Å². The van der Waals surface area contributed by atoms with E-state index in [0.29, 0.717) is 0 Å². The van der Waals surface area contributed by atoms with E-state index in [1.54, 1.807) is 0 Å². The lowest BCUT2D eigenvalue weighted by molar-refractivity contribution is -0.250. The van der Waals surface area contributed by atoms with Crippen molar-refractivity contribution in [1.29, 1.82) is 0 Å². The maximum absolute atomic E-state index is 12.2. The van der Waals surface area contributed by atoms with Crippen molar-refractivity contribution in [3.8, 4) is 0 Å². The summed E-state index contributed by atoms with van der Waals surface area (Å²) in [6, 6.07) is -2.14. The van der Waals surface area contributed by atoms with Gasteiger partial charge in [-0.1, -0.05) is 0 Å². The third-order valence-electron chi connectivity index (χ3n) is 2.68. The van der Waals surface area contributed by atoms with Gasteiger partial charge in [-0.3, -0.25) is 9.32 Å². The van der Waals surface area contributed by atoms with Gasteiger partial charge in [0, 0.05) is 0 Å². The summed E-state index contributed by atoms with van der Waals surface area (Å²) in [5.41, 5.74) is 0. The average Bonchev–Trinajstić information content (AvgIpc) is 2.35. The minimum atomic E-state index is -5.36. The normalized spacial score (nSPS) is 33.5. The van der Waals surface area contributed by atoms with Gasteiger partial charge in [0.05, 0.1) is 6.61 Å². The first-order valence-electron chi connectivity index (χ1n) is 5.61. The monoisotopic (exact) mass is 355 g/mol. The molecule has 5 atom stereocenters. The summed E-state index contributed by atoms with van der Waals surface area (Å²) in [5.74, 6) is -2.55. The Hall–Kier alpha value is -0.790. The summed E-state index contributed by atoms with van der Waals surface area (Å²) in [7, 11) is -5.27. The van der Waals surface area contributed by atoms with Gasteiger partial charge >= 0.3 is 19.9 Å². The van der Waals surface area contributed by atoms with Crippen molar-refractivity contribution >= 4 is 13.7 Å². The Balaban J connectivity index is 3.00. The molecule has 6 N–H and O–H groups in total. The fourth-order valence-corrected chi connectivity index (χ4v) is 2.15. The Labute approximate surface area is 120 Å². The molecule has 14 heteroatoms. The van der Waals surface area contributed by atoms with Crippen LogP contribution in [0.5, 0.6) is 0 Å². The standard InChI is InChI=1S/C8H13F3NO9P/c9-8(10,11)7(16)12-3-5(15)4(14)2(1-13)20-6(3)21-22(17,18)19/h2-6,13-15H,1H2,(H,12,16)(H2,17,18,19). The molecule has 0 aliphatic carbocycles. The molecule has 1 amide bonds. The quantitative estimate of drug-likeness (QED) is 0.301. The number of halogens is 3. The minimum absolute atomic E-state index is 0.931. The van der Waals surface area contributed by atoms with Crippen LogP contribution in [0.2, 0.25) is 0 Å². The van der Waals surface area contributed by atoms with Gasteiger partial charge in [-0.2, -0.15) is 13.2 Å². The molecule has 130 valence electrons. The van der Waals surface area contributed by atoms with Crippen LogP contribution in [0.3, 0.4) is 0 Å². The van der Waals surface area contributed by atoms with E-state index in [-0.39, 0.29) is 0 Å². The lowest BCUT2D eigenvalue weighted by Crippen LogP contribution is -2.65. The van der Waals surface area contributed by atoms with E-state index in [1.807, 2.05) is 0 Å². The van der Waals surface area contributed by atoms with Gasteiger partial charge < -0.3 is 35.2 Å². The molecule has 0 aromatic carbocycles. The fourth-order valence-electron chi connectivity index (χ4n) is 1.69. The first-order chi connectivity index (χ1) is 9.86. The van der Waals surface area contributed by atoms with Crippen molar-refractivity contribution in [2.24, 2.45) is 0 Å². The molecule has 1 aliphatic rings. The zero-order valence-corrected chi connectivity index (χ0v) is 11.4. The first kappa shape index (κ1) is 19.3. The van der Waals surface area contributed by atoms with E-state index in [0.717, 1.165) is 0 Å². The summed E-state index contributed by atoms with van der Waals surface area (Å²) in [6.07, 6.45) is -13.3. The molecule has 0 aromatic heterocycles. The Morgan fingerprint density at radius 2 is 1.82 bits per heavy atom. The van der Waals surface area contributed by atoms with Gasteiger partial charge in [0.25, 0.3) is 0 Å². The van der Waals surface area contributed by atoms with Crippen molar-refractivity contribution in [3.63, 3.8) is 0 Å². The fraction of sp³-hybridized carbons (Fsp3) is 0.875. The highest BCUT2D eigenvalue weighted by Gasteiger charge is 2.50. The predicted molar refractivity (Wildman–Crippen MR) is 58.9 cm³/mol. The van der Waals surface area contributed by atoms with Gasteiger partial charge in [0.2, 0.25) is 0 Å². The number of amides is 1. The molecule has 22 heavy (non-hydrogen) atoms. The zero-order valence-electron chi connectivity index (χ0n) is 10.5. The number of nitrogens with one attached hydrogen (secondary N) is 1. The third-order valence-corrected chi connectivity index (χ3v) is 3.16. The van der Waals surface area contributed by atoms with Crippen LogP contribution >= 0.6 is 7.82 Å². The maximum Gasteiger partial charge on any atom is 0.472 e. The molecule has 0 radical (unpaired) electrons. The number of rotatable bonds is 4. The number of alkyl halides is 3. The Morgan fingerprint density at radius 1 is 1.27 bits per heavy atom. The summed E-state index contributed by atoms with van der Waals surface area (Å²) in [4.78, 5) is 28.2. The number of hydrogen-bond acceptors (Lipinski definition) is 7. The van der Waals surface area contributed by atoms with Crippen molar-refractivity contribution in [2.75, 3.05) is 6.61 Å². The molecule has 0 saturated carbocycles. The number of phosphoric ester groups is 1. The van der Waals surface area contributed by atoms with Gasteiger partial charge in [0.1, 0.15) is 24.4 Å². The van der Waals surface area contributed by atoms with Gasteiger partial charge in [-0.15, -0.1) is 0 Å². The van der Waals surface area contributed by atoms with Gasteiger partial charge in [0.15, 0.2) is 6.29 Å². The minimum Gasteiger partial charge on any atom is -0.394 e. The smallest absolute Gasteiger partial charge is 0.394 e. The van der Waals surface area contributed by atoms with E-state index in [1.165, 1.54) is 5.32 Å². The summed E-state index contributed by atoms with van der Waals surface area (Å²) in [6.45, 7) is -0.931. The number of carbonyl (C=O) groups excluding carboxylic acids is 1. The van der Waals surface area contributed by atoms with E-state index in [2.05, 4.69) is 9.26 Å². The lowest BCUT2D eigenvalue weighted by Gasteiger charge is -2.41. The second kappa shape index (κ2) is 6.76. The highest BCUT2D eigenvalue weighted by atomic mass is 31.2. The number of aliphatic hydroxyl groups is 3. The molecule has 1 aliphatic heterocycles. The van der Waals surface area contributed by atoms with E-state index < -0.39 is 57.2 Å². The van der Waals surface area contributed by atoms with E-state index >= 15 is 0 Å². The van der Waals surface area contributed by atoms with Crippen molar-refractivity contribution in [2.45, 2.75) is 36.8 Å². The van der Waals surface area contributed by atoms with Crippen LogP contribution in [-0.4, -0.2) is 74.4 Å². The van der Waals surface area contributed by atoms with Crippen LogP contribution in [0.1, 0.15) is 0 Å². The number of carbonyl (C=O) groups is 1. The van der Waals surface area contributed by atoms with Gasteiger partial charge in [-0.25, -0.2) is 4.57 Å². The number of hydrogen-bond donors (Lipinski definition) is 6. The first-order valence-corrected chi connectivity index (χ1v) is 7.14. The molecule has 1 heterocycles. The molecule has 0 spiro atoms. The highest BCUT2D eigenvalue weighted by molar-refractivity contribution is 7.46. The molecule has 1 rings (SSSR count). The molecule has 0 bridgehead atoms. The van der Waals surface area contributed by atoms with Crippen molar-refractivity contribution in [3.05, 3.63) is 0 Å². The predicted octanol–water partition coefficient (Wildman–Crippen LogP) is -2.42. The third kappa shape index (κ3) is 4.86. The van der Waals surface area contributed by atoms with Gasteiger partial charge in [-0.05, 0) is 0 Å². The van der Waals surface area contributed by atoms with Crippen LogP contribution in [0.15, 0.2) is 0 Å². The number of aliphatic hydroxyl groups excluding tert-OH is 3. The Morgan fingerprint density at radius 3 is 2.23 bits per heavy atom. The number of phosphoric acid groups is 1.